The third-order valence-corrected chi connectivity index (χ3v) is 3.35. The Hall–Kier alpha value is -0.960. The summed E-state index contributed by atoms with van der Waals surface area (Å²) in [4.78, 5) is 29.6. The lowest BCUT2D eigenvalue weighted by molar-refractivity contribution is -0.118. The van der Waals surface area contributed by atoms with Gasteiger partial charge in [-0.3, -0.25) is 4.79 Å². The van der Waals surface area contributed by atoms with Crippen molar-refractivity contribution in [3.05, 3.63) is 28.8 Å². The van der Waals surface area contributed by atoms with Gasteiger partial charge in [-0.05, 0) is 38.0 Å². The van der Waals surface area contributed by atoms with Crippen LogP contribution in [-0.4, -0.2) is 15.6 Å². The van der Waals surface area contributed by atoms with E-state index < -0.39 is 14.0 Å². The lowest BCUT2D eigenvalue weighted by Crippen LogP contribution is -2.23. The molecule has 0 aliphatic rings. The van der Waals surface area contributed by atoms with Crippen molar-refractivity contribution in [2.24, 2.45) is 0 Å². The molecule has 0 saturated heterocycles. The van der Waals surface area contributed by atoms with Crippen LogP contribution < -0.4 is 4.52 Å². The maximum absolute atomic E-state index is 11.4. The number of ketones is 1. The van der Waals surface area contributed by atoms with Gasteiger partial charge >= 0.3 is 8.60 Å². The van der Waals surface area contributed by atoms with E-state index in [9.17, 15) is 4.79 Å². The van der Waals surface area contributed by atoms with Crippen molar-refractivity contribution in [2.75, 3.05) is 0 Å². The first-order valence-electron chi connectivity index (χ1n) is 6.10. The molecule has 0 spiro atoms. The normalized spacial score (nSPS) is 11.8. The summed E-state index contributed by atoms with van der Waals surface area (Å²) in [5.74, 6) is 0.533. The summed E-state index contributed by atoms with van der Waals surface area (Å²) in [7, 11) is -2.47. The van der Waals surface area contributed by atoms with Gasteiger partial charge in [-0.1, -0.05) is 19.9 Å². The summed E-state index contributed by atoms with van der Waals surface area (Å²) in [6.45, 7) is 9.31. The SMILES string of the molecule is CC(=O)CC(C)(C)c1c(C)cc(C)cc1OP(O)O. The van der Waals surface area contributed by atoms with E-state index in [0.717, 1.165) is 16.7 Å². The largest absolute Gasteiger partial charge is 0.427 e. The van der Waals surface area contributed by atoms with E-state index in [1.165, 1.54) is 0 Å². The van der Waals surface area contributed by atoms with Crippen LogP contribution in [-0.2, 0) is 10.2 Å². The molecular formula is C14H21O4P. The lowest BCUT2D eigenvalue weighted by Gasteiger charge is -2.28. The van der Waals surface area contributed by atoms with Crippen molar-refractivity contribution in [1.29, 1.82) is 0 Å². The number of benzene rings is 1. The average Bonchev–Trinajstić information content (AvgIpc) is 2.10. The van der Waals surface area contributed by atoms with E-state index in [4.69, 9.17) is 14.3 Å². The molecule has 0 unspecified atom stereocenters. The molecule has 2 N–H and O–H groups in total. The molecule has 1 aromatic carbocycles. The van der Waals surface area contributed by atoms with Gasteiger partial charge in [0.05, 0.1) is 0 Å². The van der Waals surface area contributed by atoms with E-state index in [1.807, 2.05) is 33.8 Å². The van der Waals surface area contributed by atoms with Gasteiger partial charge in [-0.2, -0.15) is 0 Å². The van der Waals surface area contributed by atoms with Crippen molar-refractivity contribution in [1.82, 2.24) is 0 Å². The second kappa shape index (κ2) is 6.00. The van der Waals surface area contributed by atoms with Crippen LogP contribution in [0.4, 0.5) is 0 Å². The molecule has 1 aromatic rings. The zero-order valence-electron chi connectivity index (χ0n) is 12.0. The van der Waals surface area contributed by atoms with Crippen LogP contribution in [0.25, 0.3) is 0 Å². The summed E-state index contributed by atoms with van der Waals surface area (Å²) >= 11 is 0. The molecule has 0 fully saturated rings. The number of hydrogen-bond donors (Lipinski definition) is 2. The second-order valence-corrected chi connectivity index (χ2v) is 6.25. The second-order valence-electron chi connectivity index (χ2n) is 5.56. The zero-order valence-corrected chi connectivity index (χ0v) is 12.9. The number of carbonyl (C=O) groups is 1. The smallest absolute Gasteiger partial charge is 0.391 e. The molecule has 0 saturated carbocycles. The molecule has 0 amide bonds. The summed E-state index contributed by atoms with van der Waals surface area (Å²) in [5, 5.41) is 0. The van der Waals surface area contributed by atoms with Crippen molar-refractivity contribution >= 4 is 14.4 Å². The number of carbonyl (C=O) groups excluding carboxylic acids is 1. The van der Waals surface area contributed by atoms with Crippen LogP contribution in [0.2, 0.25) is 0 Å². The van der Waals surface area contributed by atoms with Gasteiger partial charge in [0.25, 0.3) is 0 Å². The highest BCUT2D eigenvalue weighted by atomic mass is 31.2. The Labute approximate surface area is 115 Å². The molecule has 0 aliphatic heterocycles. The minimum absolute atomic E-state index is 0.0891. The molecule has 0 bridgehead atoms. The van der Waals surface area contributed by atoms with Gasteiger partial charge in [-0.25, -0.2) is 0 Å². The molecule has 0 atom stereocenters. The van der Waals surface area contributed by atoms with Gasteiger partial charge in [0.15, 0.2) is 0 Å². The molecule has 106 valence electrons. The standard InChI is InChI=1S/C14H21O4P/c1-9-6-10(2)13(12(7-9)18-19(16)17)14(4,5)8-11(3)15/h6-7,16-17H,8H2,1-5H3. The van der Waals surface area contributed by atoms with Gasteiger partial charge in [-0.15, -0.1) is 0 Å². The predicted molar refractivity (Wildman–Crippen MR) is 76.2 cm³/mol. The topological polar surface area (TPSA) is 66.8 Å². The quantitative estimate of drug-likeness (QED) is 0.815. The molecule has 1 rings (SSSR count). The fourth-order valence-corrected chi connectivity index (χ4v) is 2.99. The third-order valence-electron chi connectivity index (χ3n) is 2.99. The summed E-state index contributed by atoms with van der Waals surface area (Å²) in [5.41, 5.74) is 2.40. The molecular weight excluding hydrogens is 263 g/mol. The van der Waals surface area contributed by atoms with Crippen LogP contribution in [0.3, 0.4) is 0 Å². The minimum atomic E-state index is -2.47. The highest BCUT2D eigenvalue weighted by Gasteiger charge is 2.29. The van der Waals surface area contributed by atoms with Gasteiger partial charge in [0, 0.05) is 17.4 Å². The number of hydrogen-bond acceptors (Lipinski definition) is 4. The van der Waals surface area contributed by atoms with Crippen LogP contribution in [0.5, 0.6) is 5.75 Å². The van der Waals surface area contributed by atoms with Crippen molar-refractivity contribution in [3.63, 3.8) is 0 Å². The van der Waals surface area contributed by atoms with Crippen LogP contribution >= 0.6 is 8.60 Å². The molecule has 0 heterocycles. The van der Waals surface area contributed by atoms with Gasteiger partial charge in [0.1, 0.15) is 11.5 Å². The summed E-state index contributed by atoms with van der Waals surface area (Å²) < 4.78 is 5.14. The number of aryl methyl sites for hydroxylation is 2. The Balaban J connectivity index is 3.35. The van der Waals surface area contributed by atoms with Crippen LogP contribution in [0, 0.1) is 13.8 Å². The van der Waals surface area contributed by atoms with Crippen molar-refractivity contribution < 1.29 is 19.1 Å². The Morgan fingerprint density at radius 2 is 1.89 bits per heavy atom. The van der Waals surface area contributed by atoms with E-state index in [0.29, 0.717) is 12.2 Å². The van der Waals surface area contributed by atoms with Crippen LogP contribution in [0.1, 0.15) is 43.9 Å². The molecule has 19 heavy (non-hydrogen) atoms. The Morgan fingerprint density at radius 3 is 2.37 bits per heavy atom. The molecule has 5 heteroatoms. The first-order valence-corrected chi connectivity index (χ1v) is 7.27. The fourth-order valence-electron chi connectivity index (χ4n) is 2.67. The van der Waals surface area contributed by atoms with E-state index in [1.54, 1.807) is 13.0 Å². The minimum Gasteiger partial charge on any atom is -0.427 e. The fraction of sp³-hybridized carbons (Fsp3) is 0.500. The lowest BCUT2D eigenvalue weighted by atomic mass is 9.77. The molecule has 0 aromatic heterocycles. The molecule has 4 nitrogen and oxygen atoms in total. The molecule has 0 aliphatic carbocycles. The van der Waals surface area contributed by atoms with E-state index >= 15 is 0 Å². The highest BCUT2D eigenvalue weighted by Crippen LogP contribution is 2.41. The average molecular weight is 284 g/mol. The van der Waals surface area contributed by atoms with Crippen LogP contribution in [0.15, 0.2) is 12.1 Å². The Bertz CT molecular complexity index is 481. The van der Waals surface area contributed by atoms with Crippen molar-refractivity contribution in [2.45, 2.75) is 46.5 Å². The summed E-state index contributed by atoms with van der Waals surface area (Å²) in [6.07, 6.45) is 0.377. The maximum Gasteiger partial charge on any atom is 0.391 e. The molecule has 0 radical (unpaired) electrons. The Morgan fingerprint density at radius 1 is 1.32 bits per heavy atom. The number of Topliss-reactive ketones (excluding diaryl/α,β-unsaturated/α-hetero) is 1. The Kier molecular flexibility index (Phi) is 5.08. The predicted octanol–water partition coefficient (Wildman–Crippen LogP) is 3.15. The monoisotopic (exact) mass is 284 g/mol. The van der Waals surface area contributed by atoms with E-state index in [2.05, 4.69) is 0 Å². The number of rotatable bonds is 5. The summed E-state index contributed by atoms with van der Waals surface area (Å²) in [6, 6.07) is 3.77. The first kappa shape index (κ1) is 16.1. The van der Waals surface area contributed by atoms with Gasteiger partial charge in [0.2, 0.25) is 0 Å². The first-order chi connectivity index (χ1) is 8.63. The van der Waals surface area contributed by atoms with Crippen molar-refractivity contribution in [3.8, 4) is 5.75 Å². The van der Waals surface area contributed by atoms with E-state index in [-0.39, 0.29) is 5.78 Å². The third kappa shape index (κ3) is 4.27. The highest BCUT2D eigenvalue weighted by molar-refractivity contribution is 7.39. The van der Waals surface area contributed by atoms with Gasteiger partial charge < -0.3 is 14.3 Å². The maximum atomic E-state index is 11.4. The zero-order chi connectivity index (χ0) is 14.8.